The van der Waals surface area contributed by atoms with Crippen LogP contribution in [-0.4, -0.2) is 30.8 Å². The van der Waals surface area contributed by atoms with Crippen LogP contribution in [0.25, 0.3) is 0 Å². The average molecular weight is 265 g/mol. The molecule has 106 valence electrons. The molecule has 4 heteroatoms. The molecule has 0 saturated carbocycles. The molecule has 4 nitrogen and oxygen atoms in total. The highest BCUT2D eigenvalue weighted by Crippen LogP contribution is 2.18. The number of amides is 1. The van der Waals surface area contributed by atoms with Crippen LogP contribution in [0.3, 0.4) is 0 Å². The molecular weight excluding hydrogens is 242 g/mol. The molecule has 0 fully saturated rings. The van der Waals surface area contributed by atoms with Crippen molar-refractivity contribution < 1.29 is 14.6 Å². The van der Waals surface area contributed by atoms with E-state index < -0.39 is 0 Å². The largest absolute Gasteiger partial charge is 0.484 e. The van der Waals surface area contributed by atoms with Crippen LogP contribution in [0, 0.1) is 13.8 Å². The standard InChI is InChI=1S/C15H23NO3/c1-12-6-7-14(13(2)10-12)19-11-15(18)16-8-4-3-5-9-17/h6-7,10,17H,3-5,8-9,11H2,1-2H3,(H,16,18). The molecule has 0 aliphatic heterocycles. The highest BCUT2D eigenvalue weighted by Gasteiger charge is 2.04. The predicted molar refractivity (Wildman–Crippen MR) is 75.4 cm³/mol. The van der Waals surface area contributed by atoms with Gasteiger partial charge in [0.1, 0.15) is 5.75 Å². The maximum absolute atomic E-state index is 11.5. The van der Waals surface area contributed by atoms with Gasteiger partial charge in [-0.05, 0) is 44.7 Å². The molecular formula is C15H23NO3. The predicted octanol–water partition coefficient (Wildman–Crippen LogP) is 1.96. The first kappa shape index (κ1) is 15.5. The summed E-state index contributed by atoms with van der Waals surface area (Å²) in [4.78, 5) is 11.5. The third-order valence-electron chi connectivity index (χ3n) is 2.85. The van der Waals surface area contributed by atoms with Gasteiger partial charge in [-0.1, -0.05) is 17.7 Å². The quantitative estimate of drug-likeness (QED) is 0.706. The molecule has 0 saturated heterocycles. The monoisotopic (exact) mass is 265 g/mol. The van der Waals surface area contributed by atoms with Crippen molar-refractivity contribution in [1.29, 1.82) is 0 Å². The molecule has 1 amide bonds. The van der Waals surface area contributed by atoms with Crippen molar-refractivity contribution in [3.63, 3.8) is 0 Å². The molecule has 1 aromatic rings. The third-order valence-corrected chi connectivity index (χ3v) is 2.85. The van der Waals surface area contributed by atoms with E-state index in [2.05, 4.69) is 5.32 Å². The van der Waals surface area contributed by atoms with Gasteiger partial charge in [0, 0.05) is 13.2 Å². The van der Waals surface area contributed by atoms with Gasteiger partial charge in [-0.25, -0.2) is 0 Å². The third kappa shape index (κ3) is 6.25. The second-order valence-corrected chi connectivity index (χ2v) is 4.69. The number of aryl methyl sites for hydroxylation is 2. The number of rotatable bonds is 8. The maximum atomic E-state index is 11.5. The molecule has 19 heavy (non-hydrogen) atoms. The fourth-order valence-corrected chi connectivity index (χ4v) is 1.80. The van der Waals surface area contributed by atoms with E-state index in [-0.39, 0.29) is 19.1 Å². The minimum absolute atomic E-state index is 0.0455. The van der Waals surface area contributed by atoms with Crippen LogP contribution in [0.1, 0.15) is 30.4 Å². The summed E-state index contributed by atoms with van der Waals surface area (Å²) in [6.45, 7) is 4.88. The van der Waals surface area contributed by atoms with Crippen LogP contribution in [0.5, 0.6) is 5.75 Å². The Labute approximate surface area is 114 Å². The molecule has 0 radical (unpaired) electrons. The highest BCUT2D eigenvalue weighted by molar-refractivity contribution is 5.77. The van der Waals surface area contributed by atoms with Crippen molar-refractivity contribution in [3.05, 3.63) is 29.3 Å². The second kappa shape index (κ2) is 8.53. The number of aliphatic hydroxyl groups is 1. The van der Waals surface area contributed by atoms with Gasteiger partial charge in [0.25, 0.3) is 5.91 Å². The van der Waals surface area contributed by atoms with E-state index in [0.29, 0.717) is 6.54 Å². The van der Waals surface area contributed by atoms with Gasteiger partial charge in [0.2, 0.25) is 0 Å². The number of hydrogen-bond donors (Lipinski definition) is 2. The number of nitrogens with one attached hydrogen (secondary N) is 1. The number of carbonyl (C=O) groups is 1. The lowest BCUT2D eigenvalue weighted by Crippen LogP contribution is -2.29. The first-order chi connectivity index (χ1) is 9.13. The van der Waals surface area contributed by atoms with E-state index in [0.717, 1.165) is 30.6 Å². The Balaban J connectivity index is 2.22. The SMILES string of the molecule is Cc1ccc(OCC(=O)NCCCCCO)c(C)c1. The van der Waals surface area contributed by atoms with Gasteiger partial charge in [0.15, 0.2) is 6.61 Å². The van der Waals surface area contributed by atoms with Crippen LogP contribution in [0.2, 0.25) is 0 Å². The summed E-state index contributed by atoms with van der Waals surface area (Å²) in [5.74, 6) is 0.644. The molecule has 1 rings (SSSR count). The van der Waals surface area contributed by atoms with Crippen LogP contribution in [-0.2, 0) is 4.79 Å². The van der Waals surface area contributed by atoms with Crippen molar-refractivity contribution in [2.24, 2.45) is 0 Å². The van der Waals surface area contributed by atoms with E-state index in [1.54, 1.807) is 0 Å². The molecule has 2 N–H and O–H groups in total. The fraction of sp³-hybridized carbons (Fsp3) is 0.533. The summed E-state index contributed by atoms with van der Waals surface area (Å²) in [6, 6.07) is 5.89. The molecule has 0 atom stereocenters. The molecule has 0 unspecified atom stereocenters. The number of aliphatic hydroxyl groups excluding tert-OH is 1. The normalized spacial score (nSPS) is 10.3. The maximum Gasteiger partial charge on any atom is 0.257 e. The zero-order chi connectivity index (χ0) is 14.1. The lowest BCUT2D eigenvalue weighted by molar-refractivity contribution is -0.123. The Bertz CT molecular complexity index is 404. The minimum atomic E-state index is -0.107. The summed E-state index contributed by atoms with van der Waals surface area (Å²) < 4.78 is 5.48. The molecule has 1 aromatic carbocycles. The number of ether oxygens (including phenoxy) is 1. The Morgan fingerprint density at radius 1 is 1.26 bits per heavy atom. The van der Waals surface area contributed by atoms with Gasteiger partial charge < -0.3 is 15.2 Å². The van der Waals surface area contributed by atoms with Crippen molar-refractivity contribution in [2.75, 3.05) is 19.8 Å². The van der Waals surface area contributed by atoms with Crippen LogP contribution >= 0.6 is 0 Å². The first-order valence-corrected chi connectivity index (χ1v) is 6.71. The highest BCUT2D eigenvalue weighted by atomic mass is 16.5. The minimum Gasteiger partial charge on any atom is -0.484 e. The zero-order valence-electron chi connectivity index (χ0n) is 11.7. The number of benzene rings is 1. The van der Waals surface area contributed by atoms with E-state index in [1.807, 2.05) is 32.0 Å². The summed E-state index contributed by atoms with van der Waals surface area (Å²) in [5.41, 5.74) is 2.22. The Kier molecular flexibility index (Phi) is 6.97. The summed E-state index contributed by atoms with van der Waals surface area (Å²) in [5, 5.41) is 11.4. The fourth-order valence-electron chi connectivity index (χ4n) is 1.80. The van der Waals surface area contributed by atoms with E-state index >= 15 is 0 Å². The number of unbranched alkanes of at least 4 members (excludes halogenated alkanes) is 2. The Morgan fingerprint density at radius 2 is 2.05 bits per heavy atom. The van der Waals surface area contributed by atoms with Crippen molar-refractivity contribution in [2.45, 2.75) is 33.1 Å². The van der Waals surface area contributed by atoms with Gasteiger partial charge in [-0.3, -0.25) is 4.79 Å². The molecule has 0 aliphatic rings. The van der Waals surface area contributed by atoms with Crippen LogP contribution in [0.4, 0.5) is 0 Å². The summed E-state index contributed by atoms with van der Waals surface area (Å²) in [6.07, 6.45) is 2.60. The molecule has 0 aliphatic carbocycles. The average Bonchev–Trinajstić information content (AvgIpc) is 2.37. The summed E-state index contributed by atoms with van der Waals surface area (Å²) in [7, 11) is 0. The zero-order valence-corrected chi connectivity index (χ0v) is 11.7. The number of carbonyl (C=O) groups excluding carboxylic acids is 1. The van der Waals surface area contributed by atoms with Gasteiger partial charge >= 0.3 is 0 Å². The second-order valence-electron chi connectivity index (χ2n) is 4.69. The lowest BCUT2D eigenvalue weighted by atomic mass is 10.1. The van der Waals surface area contributed by atoms with E-state index in [9.17, 15) is 4.79 Å². The topological polar surface area (TPSA) is 58.6 Å². The van der Waals surface area contributed by atoms with Crippen molar-refractivity contribution in [1.82, 2.24) is 5.32 Å². The van der Waals surface area contributed by atoms with Crippen molar-refractivity contribution in [3.8, 4) is 5.75 Å². The van der Waals surface area contributed by atoms with Gasteiger partial charge in [-0.15, -0.1) is 0 Å². The van der Waals surface area contributed by atoms with Crippen LogP contribution < -0.4 is 10.1 Å². The van der Waals surface area contributed by atoms with Crippen LogP contribution in [0.15, 0.2) is 18.2 Å². The smallest absolute Gasteiger partial charge is 0.257 e. The first-order valence-electron chi connectivity index (χ1n) is 6.71. The van der Waals surface area contributed by atoms with E-state index in [1.165, 1.54) is 5.56 Å². The van der Waals surface area contributed by atoms with E-state index in [4.69, 9.17) is 9.84 Å². The molecule has 0 aromatic heterocycles. The van der Waals surface area contributed by atoms with Crippen molar-refractivity contribution >= 4 is 5.91 Å². The number of hydrogen-bond acceptors (Lipinski definition) is 3. The molecule has 0 heterocycles. The Morgan fingerprint density at radius 3 is 2.74 bits per heavy atom. The van der Waals surface area contributed by atoms with Gasteiger partial charge in [-0.2, -0.15) is 0 Å². The molecule has 0 spiro atoms. The lowest BCUT2D eigenvalue weighted by Gasteiger charge is -2.10. The summed E-state index contributed by atoms with van der Waals surface area (Å²) >= 11 is 0. The molecule has 0 bridgehead atoms. The van der Waals surface area contributed by atoms with Gasteiger partial charge in [0.05, 0.1) is 0 Å². The Hall–Kier alpha value is -1.55.